The van der Waals surface area contributed by atoms with E-state index in [-0.39, 0.29) is 18.8 Å². The van der Waals surface area contributed by atoms with E-state index in [9.17, 15) is 27.9 Å². The highest BCUT2D eigenvalue weighted by Gasteiger charge is 2.41. The van der Waals surface area contributed by atoms with Gasteiger partial charge in [-0.05, 0) is 20.8 Å². The van der Waals surface area contributed by atoms with Crippen molar-refractivity contribution in [3.05, 3.63) is 29.6 Å². The number of carbonyl (C=O) groups excluding carboxylic acids is 2. The Bertz CT molecular complexity index is 666. The Kier molecular flexibility index (Phi) is 5.38. The predicted molar refractivity (Wildman–Crippen MR) is 80.3 cm³/mol. The van der Waals surface area contributed by atoms with Gasteiger partial charge in [-0.1, -0.05) is 0 Å². The van der Waals surface area contributed by atoms with E-state index in [2.05, 4.69) is 0 Å². The number of carbonyl (C=O) groups is 2. The van der Waals surface area contributed by atoms with Gasteiger partial charge in [-0.15, -0.1) is 0 Å². The first-order valence-electron chi connectivity index (χ1n) is 7.49. The number of aliphatic hydroxyl groups excluding tert-OH is 1. The number of esters is 1. The summed E-state index contributed by atoms with van der Waals surface area (Å²) in [5, 5.41) is 10.0. The van der Waals surface area contributed by atoms with Crippen molar-refractivity contribution in [2.45, 2.75) is 38.6 Å². The number of rotatable bonds is 3. The summed E-state index contributed by atoms with van der Waals surface area (Å²) in [6.07, 6.45) is -3.51. The minimum absolute atomic E-state index is 0.0825. The molecule has 1 heterocycles. The number of anilines is 1. The third-order valence-electron chi connectivity index (χ3n) is 3.34. The SMILES string of the molecule is CC(C)(C)OC(=O)C(O)C1OCCN(c2cc(F)c(F)c(F)c2)C1=O. The summed E-state index contributed by atoms with van der Waals surface area (Å²) >= 11 is 0. The molecule has 2 rings (SSSR count). The van der Waals surface area contributed by atoms with Crippen LogP contribution in [0.3, 0.4) is 0 Å². The van der Waals surface area contributed by atoms with Gasteiger partial charge in [-0.25, -0.2) is 18.0 Å². The molecule has 2 atom stereocenters. The van der Waals surface area contributed by atoms with Crippen molar-refractivity contribution in [1.29, 1.82) is 0 Å². The number of halogens is 3. The predicted octanol–water partition coefficient (Wildman–Crippen LogP) is 1.54. The van der Waals surface area contributed by atoms with E-state index >= 15 is 0 Å². The van der Waals surface area contributed by atoms with Gasteiger partial charge in [0.25, 0.3) is 5.91 Å². The van der Waals surface area contributed by atoms with Crippen LogP contribution in [0, 0.1) is 17.5 Å². The van der Waals surface area contributed by atoms with Crippen LogP contribution in [0.2, 0.25) is 0 Å². The van der Waals surface area contributed by atoms with E-state index in [1.165, 1.54) is 0 Å². The number of morpholine rings is 1. The standard InChI is InChI=1S/C16H18F3NO5/c1-16(2,3)25-15(23)12(21)13-14(22)20(4-5-24-13)8-6-9(17)11(19)10(18)7-8/h6-7,12-13,21H,4-5H2,1-3H3. The average molecular weight is 361 g/mol. The fraction of sp³-hybridized carbons (Fsp3) is 0.500. The summed E-state index contributed by atoms with van der Waals surface area (Å²) < 4.78 is 49.9. The van der Waals surface area contributed by atoms with Gasteiger partial charge in [-0.3, -0.25) is 4.79 Å². The van der Waals surface area contributed by atoms with Gasteiger partial charge in [0.2, 0.25) is 0 Å². The van der Waals surface area contributed by atoms with Crippen LogP contribution in [0.15, 0.2) is 12.1 Å². The maximum Gasteiger partial charge on any atom is 0.338 e. The number of amides is 1. The molecule has 9 heteroatoms. The molecule has 0 bridgehead atoms. The molecule has 1 aromatic carbocycles. The largest absolute Gasteiger partial charge is 0.458 e. The van der Waals surface area contributed by atoms with Crippen molar-refractivity contribution in [3.8, 4) is 0 Å². The first-order valence-corrected chi connectivity index (χ1v) is 7.49. The van der Waals surface area contributed by atoms with Crippen molar-refractivity contribution < 1.29 is 37.3 Å². The van der Waals surface area contributed by atoms with Gasteiger partial charge in [0, 0.05) is 24.4 Å². The van der Waals surface area contributed by atoms with Crippen molar-refractivity contribution in [3.63, 3.8) is 0 Å². The van der Waals surface area contributed by atoms with Gasteiger partial charge in [0.05, 0.1) is 6.61 Å². The van der Waals surface area contributed by atoms with E-state index in [1.807, 2.05) is 0 Å². The lowest BCUT2D eigenvalue weighted by Gasteiger charge is -2.34. The summed E-state index contributed by atoms with van der Waals surface area (Å²) in [6, 6.07) is 1.30. The lowest BCUT2D eigenvalue weighted by atomic mass is 10.1. The highest BCUT2D eigenvalue weighted by atomic mass is 19.2. The van der Waals surface area contributed by atoms with Crippen LogP contribution in [0.25, 0.3) is 0 Å². The topological polar surface area (TPSA) is 76.1 Å². The number of ether oxygens (including phenoxy) is 2. The van der Waals surface area contributed by atoms with Gasteiger partial charge < -0.3 is 19.5 Å². The van der Waals surface area contributed by atoms with Gasteiger partial charge in [0.1, 0.15) is 5.60 Å². The second-order valence-electron chi connectivity index (χ2n) is 6.48. The van der Waals surface area contributed by atoms with Crippen LogP contribution in [0.1, 0.15) is 20.8 Å². The molecule has 6 nitrogen and oxygen atoms in total. The molecule has 0 saturated carbocycles. The Balaban J connectivity index is 2.22. The van der Waals surface area contributed by atoms with E-state index < -0.39 is 47.1 Å². The second-order valence-corrected chi connectivity index (χ2v) is 6.48. The lowest BCUT2D eigenvalue weighted by molar-refractivity contribution is -0.177. The monoisotopic (exact) mass is 361 g/mol. The van der Waals surface area contributed by atoms with Crippen molar-refractivity contribution in [1.82, 2.24) is 0 Å². The smallest absolute Gasteiger partial charge is 0.338 e. The molecule has 138 valence electrons. The summed E-state index contributed by atoms with van der Waals surface area (Å²) in [7, 11) is 0. The zero-order chi connectivity index (χ0) is 18.9. The number of hydrogen-bond acceptors (Lipinski definition) is 5. The molecule has 1 amide bonds. The van der Waals surface area contributed by atoms with Crippen LogP contribution >= 0.6 is 0 Å². The molecule has 0 aliphatic carbocycles. The number of aliphatic hydroxyl groups is 1. The molecule has 0 spiro atoms. The van der Waals surface area contributed by atoms with E-state index in [0.717, 1.165) is 4.90 Å². The van der Waals surface area contributed by atoms with Crippen LogP contribution in [-0.2, 0) is 19.1 Å². The Morgan fingerprint density at radius 3 is 2.40 bits per heavy atom. The molecule has 1 aromatic rings. The third-order valence-corrected chi connectivity index (χ3v) is 3.34. The minimum Gasteiger partial charge on any atom is -0.458 e. The van der Waals surface area contributed by atoms with Crippen molar-refractivity contribution in [2.24, 2.45) is 0 Å². The first kappa shape index (κ1) is 19.2. The Hall–Kier alpha value is -2.13. The van der Waals surface area contributed by atoms with Crippen molar-refractivity contribution in [2.75, 3.05) is 18.1 Å². The van der Waals surface area contributed by atoms with Crippen molar-refractivity contribution >= 4 is 17.6 Å². The molecular weight excluding hydrogens is 343 g/mol. The van der Waals surface area contributed by atoms with Gasteiger partial charge >= 0.3 is 5.97 Å². The molecule has 2 unspecified atom stereocenters. The van der Waals surface area contributed by atoms with Crippen LogP contribution < -0.4 is 4.90 Å². The Morgan fingerprint density at radius 2 is 1.88 bits per heavy atom. The maximum atomic E-state index is 13.4. The van der Waals surface area contributed by atoms with Crippen LogP contribution in [0.5, 0.6) is 0 Å². The van der Waals surface area contributed by atoms with Crippen LogP contribution in [0.4, 0.5) is 18.9 Å². The molecule has 1 aliphatic rings. The van der Waals surface area contributed by atoms with E-state index in [4.69, 9.17) is 9.47 Å². The summed E-state index contributed by atoms with van der Waals surface area (Å²) in [4.78, 5) is 25.3. The maximum absolute atomic E-state index is 13.4. The van der Waals surface area contributed by atoms with E-state index in [1.54, 1.807) is 20.8 Å². The zero-order valence-electron chi connectivity index (χ0n) is 13.9. The lowest BCUT2D eigenvalue weighted by Crippen LogP contribution is -2.55. The molecule has 0 radical (unpaired) electrons. The fourth-order valence-electron chi connectivity index (χ4n) is 2.27. The number of nitrogens with zero attached hydrogens (tertiary/aromatic N) is 1. The van der Waals surface area contributed by atoms with Gasteiger partial charge in [0.15, 0.2) is 29.7 Å². The summed E-state index contributed by atoms with van der Waals surface area (Å²) in [5.74, 6) is -6.54. The Labute approximate surface area is 142 Å². The molecule has 0 aromatic heterocycles. The molecule has 1 fully saturated rings. The highest BCUT2D eigenvalue weighted by Crippen LogP contribution is 2.25. The molecule has 1 saturated heterocycles. The fourth-order valence-corrected chi connectivity index (χ4v) is 2.27. The summed E-state index contributed by atoms with van der Waals surface area (Å²) in [6.45, 7) is 4.56. The van der Waals surface area contributed by atoms with E-state index in [0.29, 0.717) is 12.1 Å². The normalized spacial score (nSPS) is 19.7. The minimum atomic E-state index is -1.91. The average Bonchev–Trinajstić information content (AvgIpc) is 2.50. The molecule has 25 heavy (non-hydrogen) atoms. The quantitative estimate of drug-likeness (QED) is 0.653. The van der Waals surface area contributed by atoms with Gasteiger partial charge in [-0.2, -0.15) is 0 Å². The highest BCUT2D eigenvalue weighted by molar-refractivity contribution is 6.00. The summed E-state index contributed by atoms with van der Waals surface area (Å²) in [5.41, 5.74) is -1.13. The van der Waals surface area contributed by atoms with Crippen LogP contribution in [-0.4, -0.2) is 47.9 Å². The third kappa shape index (κ3) is 4.29. The Morgan fingerprint density at radius 1 is 1.32 bits per heavy atom. The molecule has 1 aliphatic heterocycles. The molecule has 1 N–H and O–H groups in total. The molecular formula is C16H18F3NO5. The number of hydrogen-bond donors (Lipinski definition) is 1. The zero-order valence-corrected chi connectivity index (χ0v) is 13.9. The number of benzene rings is 1. The first-order chi connectivity index (χ1) is 11.5. The second kappa shape index (κ2) is 7.01.